The maximum atomic E-state index is 13.1. The van der Waals surface area contributed by atoms with Gasteiger partial charge in [-0.05, 0) is 50.1 Å². The zero-order chi connectivity index (χ0) is 15.0. The lowest BCUT2D eigenvalue weighted by molar-refractivity contribution is 0.627. The Morgan fingerprint density at radius 1 is 1.20 bits per heavy atom. The summed E-state index contributed by atoms with van der Waals surface area (Å²) in [6.45, 7) is 9.82. The van der Waals surface area contributed by atoms with E-state index in [0.717, 1.165) is 16.7 Å². The van der Waals surface area contributed by atoms with Crippen LogP contribution in [0.3, 0.4) is 0 Å². The van der Waals surface area contributed by atoms with E-state index < -0.39 is 0 Å². The van der Waals surface area contributed by atoms with Gasteiger partial charge in [0.25, 0.3) is 0 Å². The number of halogens is 1. The molecule has 0 unspecified atom stereocenters. The molecule has 0 spiro atoms. The van der Waals surface area contributed by atoms with Gasteiger partial charge in [0, 0.05) is 11.1 Å². The standard InChI is InChI=1S/C19H19F/c1-5-8-17(19(9-6-2)15(3)4)13-12-16-10-7-11-18(20)14-16/h5-11,14H,3H2,1-2,4H3/b8-5-,9-6-,19-17+. The molecule has 0 amide bonds. The van der Waals surface area contributed by atoms with Crippen molar-refractivity contribution in [1.29, 1.82) is 0 Å². The molecule has 0 saturated heterocycles. The van der Waals surface area contributed by atoms with Crippen LogP contribution in [0.4, 0.5) is 4.39 Å². The molecule has 0 atom stereocenters. The van der Waals surface area contributed by atoms with E-state index in [9.17, 15) is 4.39 Å². The molecular weight excluding hydrogens is 247 g/mol. The fraction of sp³-hybridized carbons (Fsp3) is 0.158. The fourth-order valence-corrected chi connectivity index (χ4v) is 1.70. The van der Waals surface area contributed by atoms with E-state index in [0.29, 0.717) is 5.56 Å². The Balaban J connectivity index is 3.30. The summed E-state index contributed by atoms with van der Waals surface area (Å²) < 4.78 is 13.1. The smallest absolute Gasteiger partial charge is 0.124 e. The maximum absolute atomic E-state index is 13.1. The second-order valence-corrected chi connectivity index (χ2v) is 4.37. The number of hydrogen-bond acceptors (Lipinski definition) is 0. The van der Waals surface area contributed by atoms with Crippen LogP contribution in [0, 0.1) is 17.7 Å². The molecular formula is C19H19F. The molecule has 0 aliphatic rings. The second-order valence-electron chi connectivity index (χ2n) is 4.37. The summed E-state index contributed by atoms with van der Waals surface area (Å²) >= 11 is 0. The largest absolute Gasteiger partial charge is 0.207 e. The van der Waals surface area contributed by atoms with E-state index in [1.165, 1.54) is 12.1 Å². The minimum absolute atomic E-state index is 0.276. The predicted octanol–water partition coefficient (Wildman–Crippen LogP) is 5.20. The minimum Gasteiger partial charge on any atom is -0.207 e. The van der Waals surface area contributed by atoms with Gasteiger partial charge >= 0.3 is 0 Å². The predicted molar refractivity (Wildman–Crippen MR) is 84.7 cm³/mol. The van der Waals surface area contributed by atoms with Crippen LogP contribution in [-0.4, -0.2) is 0 Å². The zero-order valence-corrected chi connectivity index (χ0v) is 12.2. The van der Waals surface area contributed by atoms with Gasteiger partial charge in [0.15, 0.2) is 0 Å². The van der Waals surface area contributed by atoms with Crippen molar-refractivity contribution in [3.05, 3.63) is 83.2 Å². The van der Waals surface area contributed by atoms with Crippen LogP contribution in [0.5, 0.6) is 0 Å². The molecule has 1 aromatic rings. The molecule has 0 nitrogen and oxygen atoms in total. The average Bonchev–Trinajstić information content (AvgIpc) is 2.41. The van der Waals surface area contributed by atoms with Gasteiger partial charge in [-0.25, -0.2) is 4.39 Å². The van der Waals surface area contributed by atoms with Crippen molar-refractivity contribution in [2.45, 2.75) is 20.8 Å². The number of rotatable bonds is 3. The lowest BCUT2D eigenvalue weighted by Gasteiger charge is -2.03. The fourth-order valence-electron chi connectivity index (χ4n) is 1.70. The van der Waals surface area contributed by atoms with E-state index in [1.54, 1.807) is 12.1 Å². The highest BCUT2D eigenvalue weighted by atomic mass is 19.1. The van der Waals surface area contributed by atoms with Crippen LogP contribution in [-0.2, 0) is 0 Å². The molecule has 0 fully saturated rings. The molecule has 0 aromatic heterocycles. The third kappa shape index (κ3) is 4.74. The highest BCUT2D eigenvalue weighted by Gasteiger charge is 1.99. The average molecular weight is 266 g/mol. The summed E-state index contributed by atoms with van der Waals surface area (Å²) in [7, 11) is 0. The lowest BCUT2D eigenvalue weighted by Crippen LogP contribution is -1.87. The van der Waals surface area contributed by atoms with Crippen LogP contribution in [0.1, 0.15) is 26.3 Å². The van der Waals surface area contributed by atoms with Crippen molar-refractivity contribution in [2.75, 3.05) is 0 Å². The lowest BCUT2D eigenvalue weighted by atomic mass is 10.0. The first kappa shape index (κ1) is 15.7. The number of allylic oxidation sites excluding steroid dienone is 7. The van der Waals surface area contributed by atoms with E-state index in [4.69, 9.17) is 0 Å². The van der Waals surface area contributed by atoms with E-state index in [2.05, 4.69) is 18.4 Å². The van der Waals surface area contributed by atoms with Gasteiger partial charge < -0.3 is 0 Å². The van der Waals surface area contributed by atoms with Crippen LogP contribution in [0.15, 0.2) is 71.9 Å². The third-order valence-corrected chi connectivity index (χ3v) is 2.58. The van der Waals surface area contributed by atoms with Crippen LogP contribution in [0.25, 0.3) is 0 Å². The molecule has 0 N–H and O–H groups in total. The monoisotopic (exact) mass is 266 g/mol. The maximum Gasteiger partial charge on any atom is 0.124 e. The van der Waals surface area contributed by atoms with Crippen molar-refractivity contribution in [3.63, 3.8) is 0 Å². The van der Waals surface area contributed by atoms with Gasteiger partial charge in [0.1, 0.15) is 5.82 Å². The van der Waals surface area contributed by atoms with Crippen molar-refractivity contribution in [2.24, 2.45) is 0 Å². The topological polar surface area (TPSA) is 0 Å². The molecule has 20 heavy (non-hydrogen) atoms. The van der Waals surface area contributed by atoms with Gasteiger partial charge in [-0.2, -0.15) is 0 Å². The zero-order valence-electron chi connectivity index (χ0n) is 12.2. The van der Waals surface area contributed by atoms with Gasteiger partial charge in [0.2, 0.25) is 0 Å². The molecule has 0 saturated carbocycles. The summed E-state index contributed by atoms with van der Waals surface area (Å²) in [6.07, 6.45) is 7.81. The second kappa shape index (κ2) is 7.96. The molecule has 0 aliphatic carbocycles. The molecule has 1 rings (SSSR count). The normalized spacial score (nSPS) is 12.2. The molecule has 102 valence electrons. The first-order valence-electron chi connectivity index (χ1n) is 6.51. The molecule has 1 aromatic carbocycles. The van der Waals surface area contributed by atoms with Crippen LogP contribution >= 0.6 is 0 Å². The Hall–Kier alpha value is -2.33. The number of hydrogen-bond donors (Lipinski definition) is 0. The molecule has 0 radical (unpaired) electrons. The summed E-state index contributed by atoms with van der Waals surface area (Å²) in [6, 6.07) is 6.28. The quantitative estimate of drug-likeness (QED) is 0.521. The first-order valence-corrected chi connectivity index (χ1v) is 6.51. The van der Waals surface area contributed by atoms with Crippen molar-refractivity contribution in [1.82, 2.24) is 0 Å². The molecule has 0 bridgehead atoms. The van der Waals surface area contributed by atoms with Gasteiger partial charge in [0.05, 0.1) is 0 Å². The van der Waals surface area contributed by atoms with Crippen LogP contribution < -0.4 is 0 Å². The Morgan fingerprint density at radius 2 is 1.90 bits per heavy atom. The summed E-state index contributed by atoms with van der Waals surface area (Å²) in [5.41, 5.74) is 3.48. The van der Waals surface area contributed by atoms with Crippen molar-refractivity contribution >= 4 is 0 Å². The minimum atomic E-state index is -0.276. The van der Waals surface area contributed by atoms with E-state index in [1.807, 2.05) is 45.1 Å². The molecule has 0 heterocycles. The molecule has 0 aliphatic heterocycles. The summed E-state index contributed by atoms with van der Waals surface area (Å²) in [5, 5.41) is 0. The first-order chi connectivity index (χ1) is 9.58. The Kier molecular flexibility index (Phi) is 6.26. The Labute approximate surface area is 121 Å². The Bertz CT molecular complexity index is 631. The third-order valence-electron chi connectivity index (χ3n) is 2.58. The highest BCUT2D eigenvalue weighted by Crippen LogP contribution is 2.16. The van der Waals surface area contributed by atoms with Crippen molar-refractivity contribution in [3.8, 4) is 11.8 Å². The van der Waals surface area contributed by atoms with Crippen molar-refractivity contribution < 1.29 is 4.39 Å². The summed E-state index contributed by atoms with van der Waals surface area (Å²) in [5.74, 6) is 5.81. The SMILES string of the molecule is C=C(C)C(/C=C\C)=C(C#Cc1cccc(F)c1)\C=C/C. The van der Waals surface area contributed by atoms with Gasteiger partial charge in [-0.3, -0.25) is 0 Å². The summed E-state index contributed by atoms with van der Waals surface area (Å²) in [4.78, 5) is 0. The van der Waals surface area contributed by atoms with E-state index >= 15 is 0 Å². The van der Waals surface area contributed by atoms with Gasteiger partial charge in [-0.1, -0.05) is 48.8 Å². The Morgan fingerprint density at radius 3 is 2.45 bits per heavy atom. The van der Waals surface area contributed by atoms with Gasteiger partial charge in [-0.15, -0.1) is 0 Å². The highest BCUT2D eigenvalue weighted by molar-refractivity contribution is 5.55. The molecule has 1 heteroatoms. The number of benzene rings is 1. The van der Waals surface area contributed by atoms with Crippen LogP contribution in [0.2, 0.25) is 0 Å². The van der Waals surface area contributed by atoms with E-state index in [-0.39, 0.29) is 5.82 Å².